The minimum Gasteiger partial charge on any atom is -0.395 e. The van der Waals surface area contributed by atoms with Gasteiger partial charge in [0.15, 0.2) is 0 Å². The van der Waals surface area contributed by atoms with E-state index in [1.165, 1.54) is 22.3 Å². The first-order valence-electron chi connectivity index (χ1n) is 12.3. The fourth-order valence-corrected chi connectivity index (χ4v) is 5.63. The lowest BCUT2D eigenvalue weighted by molar-refractivity contribution is -0.0585. The van der Waals surface area contributed by atoms with Crippen LogP contribution in [0.3, 0.4) is 0 Å². The van der Waals surface area contributed by atoms with Gasteiger partial charge in [0, 0.05) is 36.8 Å². The number of carbonyl (C=O) groups is 1. The summed E-state index contributed by atoms with van der Waals surface area (Å²) >= 11 is 0. The maximum absolute atomic E-state index is 13.1. The van der Waals surface area contributed by atoms with Crippen LogP contribution in [0.5, 0.6) is 0 Å². The molecule has 3 aromatic carbocycles. The van der Waals surface area contributed by atoms with Crippen LogP contribution in [-0.2, 0) is 0 Å². The second-order valence-corrected chi connectivity index (χ2v) is 9.47. The SMILES string of the molecule is Cc1ccccc1-c1ccc(C2[C@@H](CO)N3CCCCN(C(=O)Nc4ccccc4)C[C@@H]23)cc1. The summed E-state index contributed by atoms with van der Waals surface area (Å²) in [6.45, 7) is 4.67. The third kappa shape index (κ3) is 4.46. The number of para-hydroxylation sites is 1. The van der Waals surface area contributed by atoms with Crippen LogP contribution < -0.4 is 5.32 Å². The van der Waals surface area contributed by atoms with Crippen molar-refractivity contribution >= 4 is 11.7 Å². The number of anilines is 1. The monoisotopic (exact) mass is 455 g/mol. The Balaban J connectivity index is 1.36. The first kappa shape index (κ1) is 22.6. The van der Waals surface area contributed by atoms with Crippen LogP contribution in [0, 0.1) is 6.92 Å². The number of hydrogen-bond donors (Lipinski definition) is 2. The zero-order valence-corrected chi connectivity index (χ0v) is 19.7. The summed E-state index contributed by atoms with van der Waals surface area (Å²) in [5, 5.41) is 13.3. The van der Waals surface area contributed by atoms with Gasteiger partial charge in [-0.05, 0) is 60.7 Å². The van der Waals surface area contributed by atoms with Crippen molar-refractivity contribution in [2.45, 2.75) is 37.8 Å². The highest BCUT2D eigenvalue weighted by atomic mass is 16.3. The number of nitrogens with one attached hydrogen (secondary N) is 1. The van der Waals surface area contributed by atoms with Gasteiger partial charge in [0.2, 0.25) is 0 Å². The van der Waals surface area contributed by atoms with Gasteiger partial charge in [0.1, 0.15) is 0 Å². The molecule has 5 rings (SSSR count). The van der Waals surface area contributed by atoms with Crippen molar-refractivity contribution in [3.05, 3.63) is 90.0 Å². The maximum Gasteiger partial charge on any atom is 0.321 e. The van der Waals surface area contributed by atoms with E-state index in [9.17, 15) is 9.90 Å². The van der Waals surface area contributed by atoms with Gasteiger partial charge in [-0.25, -0.2) is 4.79 Å². The van der Waals surface area contributed by atoms with Crippen LogP contribution in [-0.4, -0.2) is 59.3 Å². The number of carbonyl (C=O) groups excluding carboxylic acids is 1. The van der Waals surface area contributed by atoms with E-state index in [0.29, 0.717) is 6.54 Å². The smallest absolute Gasteiger partial charge is 0.321 e. The molecule has 0 radical (unpaired) electrons. The lowest BCUT2D eigenvalue weighted by atomic mass is 9.74. The highest BCUT2D eigenvalue weighted by molar-refractivity contribution is 5.89. The second-order valence-electron chi connectivity index (χ2n) is 9.47. The van der Waals surface area contributed by atoms with Crippen LogP contribution in [0.1, 0.15) is 29.9 Å². The number of benzene rings is 3. The van der Waals surface area contributed by atoms with E-state index in [-0.39, 0.29) is 30.6 Å². The molecule has 2 amide bonds. The fourth-order valence-electron chi connectivity index (χ4n) is 5.63. The molecular formula is C29H33N3O2. The Morgan fingerprint density at radius 1 is 0.941 bits per heavy atom. The molecule has 2 aliphatic heterocycles. The van der Waals surface area contributed by atoms with E-state index in [4.69, 9.17) is 0 Å². The zero-order chi connectivity index (χ0) is 23.5. The van der Waals surface area contributed by atoms with E-state index in [0.717, 1.165) is 31.6 Å². The molecule has 5 heteroatoms. The molecule has 0 spiro atoms. The molecule has 5 nitrogen and oxygen atoms in total. The number of aryl methyl sites for hydroxylation is 1. The molecule has 34 heavy (non-hydrogen) atoms. The molecule has 0 saturated carbocycles. The molecule has 1 unspecified atom stereocenters. The summed E-state index contributed by atoms with van der Waals surface area (Å²) in [7, 11) is 0. The molecule has 2 N–H and O–H groups in total. The van der Waals surface area contributed by atoms with Gasteiger partial charge in [0.25, 0.3) is 0 Å². The Morgan fingerprint density at radius 2 is 1.65 bits per heavy atom. The number of rotatable bonds is 4. The molecule has 2 fully saturated rings. The van der Waals surface area contributed by atoms with Crippen LogP contribution in [0.25, 0.3) is 11.1 Å². The highest BCUT2D eigenvalue weighted by Gasteiger charge is 2.49. The molecule has 0 aromatic heterocycles. The highest BCUT2D eigenvalue weighted by Crippen LogP contribution is 2.42. The summed E-state index contributed by atoms with van der Waals surface area (Å²) in [5.41, 5.74) is 5.77. The molecule has 3 atom stereocenters. The van der Waals surface area contributed by atoms with Gasteiger partial charge in [-0.2, -0.15) is 0 Å². The van der Waals surface area contributed by atoms with Gasteiger partial charge >= 0.3 is 6.03 Å². The zero-order valence-electron chi connectivity index (χ0n) is 19.7. The van der Waals surface area contributed by atoms with Crippen molar-refractivity contribution in [2.24, 2.45) is 0 Å². The summed E-state index contributed by atoms with van der Waals surface area (Å²) in [6, 6.07) is 27.1. The molecule has 2 aliphatic rings. The quantitative estimate of drug-likeness (QED) is 0.574. The number of fused-ring (bicyclic) bond motifs is 1. The number of aliphatic hydroxyl groups excluding tert-OH is 1. The van der Waals surface area contributed by atoms with E-state index in [2.05, 4.69) is 65.7 Å². The molecule has 2 heterocycles. The number of hydrogen-bond acceptors (Lipinski definition) is 3. The van der Waals surface area contributed by atoms with Crippen LogP contribution in [0.4, 0.5) is 10.5 Å². The summed E-state index contributed by atoms with van der Waals surface area (Å²) in [5.74, 6) is 0.209. The predicted octanol–water partition coefficient (Wildman–Crippen LogP) is 5.12. The molecule has 2 saturated heterocycles. The fraction of sp³-hybridized carbons (Fsp3) is 0.345. The molecule has 3 aromatic rings. The van der Waals surface area contributed by atoms with E-state index >= 15 is 0 Å². The molecule has 176 valence electrons. The van der Waals surface area contributed by atoms with Crippen LogP contribution >= 0.6 is 0 Å². The standard InChI is InChI=1S/C29H33N3O2/c1-21-9-5-6-12-25(21)22-13-15-23(16-14-22)28-26-19-31(17-7-8-18-32(26)27(28)20-33)29(34)30-24-10-3-2-4-11-24/h2-6,9-16,26-28,33H,7-8,17-20H2,1H3,(H,30,34)/t26-,27+,28?/m0/s1. The predicted molar refractivity (Wildman–Crippen MR) is 137 cm³/mol. The third-order valence-electron chi connectivity index (χ3n) is 7.43. The average molecular weight is 456 g/mol. The number of amides is 2. The third-order valence-corrected chi connectivity index (χ3v) is 7.43. The van der Waals surface area contributed by atoms with Crippen molar-refractivity contribution in [1.82, 2.24) is 9.80 Å². The van der Waals surface area contributed by atoms with Crippen molar-refractivity contribution in [2.75, 3.05) is 31.6 Å². The number of urea groups is 1. The van der Waals surface area contributed by atoms with Crippen molar-refractivity contribution in [1.29, 1.82) is 0 Å². The molecular weight excluding hydrogens is 422 g/mol. The van der Waals surface area contributed by atoms with Gasteiger partial charge in [0.05, 0.1) is 6.61 Å². The molecule has 0 bridgehead atoms. The van der Waals surface area contributed by atoms with E-state index < -0.39 is 0 Å². The summed E-state index contributed by atoms with van der Waals surface area (Å²) < 4.78 is 0. The Bertz CT molecular complexity index is 1120. The number of aliphatic hydroxyl groups is 1. The Hall–Kier alpha value is -3.15. The van der Waals surface area contributed by atoms with Crippen molar-refractivity contribution < 1.29 is 9.90 Å². The van der Waals surface area contributed by atoms with E-state index in [1.54, 1.807) is 0 Å². The minimum absolute atomic E-state index is 0.0471. The lowest BCUT2D eigenvalue weighted by Gasteiger charge is -2.57. The largest absolute Gasteiger partial charge is 0.395 e. The average Bonchev–Trinajstić information content (AvgIpc) is 2.84. The van der Waals surface area contributed by atoms with Gasteiger partial charge in [-0.3, -0.25) is 4.90 Å². The first-order valence-corrected chi connectivity index (χ1v) is 12.3. The van der Waals surface area contributed by atoms with Crippen LogP contribution in [0.15, 0.2) is 78.9 Å². The Morgan fingerprint density at radius 3 is 2.38 bits per heavy atom. The summed E-state index contributed by atoms with van der Waals surface area (Å²) in [4.78, 5) is 17.4. The normalized spacial score (nSPS) is 22.8. The second kappa shape index (κ2) is 10.00. The van der Waals surface area contributed by atoms with Gasteiger partial charge in [-0.1, -0.05) is 66.7 Å². The topological polar surface area (TPSA) is 55.8 Å². The van der Waals surface area contributed by atoms with Gasteiger partial charge in [-0.15, -0.1) is 0 Å². The Kier molecular flexibility index (Phi) is 6.66. The van der Waals surface area contributed by atoms with E-state index in [1.807, 2.05) is 35.2 Å². The number of nitrogens with zero attached hydrogens (tertiary/aromatic N) is 2. The minimum atomic E-state index is -0.0471. The van der Waals surface area contributed by atoms with Crippen molar-refractivity contribution in [3.63, 3.8) is 0 Å². The molecule has 0 aliphatic carbocycles. The first-order chi connectivity index (χ1) is 16.7. The lowest BCUT2D eigenvalue weighted by Crippen LogP contribution is -2.68. The summed E-state index contributed by atoms with van der Waals surface area (Å²) in [6.07, 6.45) is 2.00. The van der Waals surface area contributed by atoms with Crippen molar-refractivity contribution in [3.8, 4) is 11.1 Å². The van der Waals surface area contributed by atoms with Crippen LogP contribution in [0.2, 0.25) is 0 Å². The Labute approximate surface area is 202 Å². The maximum atomic E-state index is 13.1. The van der Waals surface area contributed by atoms with Gasteiger partial charge < -0.3 is 15.3 Å².